The molecule has 1 heterocycles. The summed E-state index contributed by atoms with van der Waals surface area (Å²) in [7, 11) is 0. The molecule has 0 aliphatic carbocycles. The minimum absolute atomic E-state index is 0.275. The number of esters is 1. The molecule has 1 rings (SSSR count). The lowest BCUT2D eigenvalue weighted by atomic mass is 10.3. The van der Waals surface area contributed by atoms with Gasteiger partial charge in [-0.2, -0.15) is 0 Å². The van der Waals surface area contributed by atoms with Crippen molar-refractivity contribution in [1.29, 1.82) is 0 Å². The number of unbranched alkanes of at least 4 members (excludes halogenated alkanes) is 2. The van der Waals surface area contributed by atoms with Gasteiger partial charge in [-0.25, -0.2) is 4.79 Å². The first-order valence-electron chi connectivity index (χ1n) is 4.55. The van der Waals surface area contributed by atoms with Crippen molar-refractivity contribution in [2.24, 2.45) is 0 Å². The average molecular weight is 182 g/mol. The van der Waals surface area contributed by atoms with E-state index < -0.39 is 0 Å². The first-order valence-corrected chi connectivity index (χ1v) is 4.55. The summed E-state index contributed by atoms with van der Waals surface area (Å²) in [5, 5.41) is 0. The zero-order valence-corrected chi connectivity index (χ0v) is 7.79. The van der Waals surface area contributed by atoms with Crippen molar-refractivity contribution in [3.8, 4) is 0 Å². The molecule has 3 nitrogen and oxygen atoms in total. The molecule has 0 radical (unpaired) electrons. The third-order valence-electron chi connectivity index (χ3n) is 1.70. The Balaban J connectivity index is 2.19. The van der Waals surface area contributed by atoms with E-state index in [9.17, 15) is 4.79 Å². The first-order chi connectivity index (χ1) is 6.34. The van der Waals surface area contributed by atoms with Crippen LogP contribution in [0.25, 0.3) is 0 Å². The zero-order valence-electron chi connectivity index (χ0n) is 7.79. The van der Waals surface area contributed by atoms with E-state index in [1.54, 1.807) is 12.1 Å². The van der Waals surface area contributed by atoms with Crippen molar-refractivity contribution in [3.63, 3.8) is 0 Å². The van der Waals surface area contributed by atoms with Crippen LogP contribution in [-0.4, -0.2) is 12.6 Å². The summed E-state index contributed by atoms with van der Waals surface area (Å²) in [4.78, 5) is 11.2. The predicted molar refractivity (Wildman–Crippen MR) is 48.5 cm³/mol. The molecular weight excluding hydrogens is 168 g/mol. The molecule has 0 amide bonds. The van der Waals surface area contributed by atoms with Gasteiger partial charge in [0, 0.05) is 0 Å². The van der Waals surface area contributed by atoms with Gasteiger partial charge >= 0.3 is 5.97 Å². The van der Waals surface area contributed by atoms with Crippen LogP contribution in [-0.2, 0) is 4.74 Å². The van der Waals surface area contributed by atoms with Crippen molar-refractivity contribution < 1.29 is 13.9 Å². The third-order valence-corrected chi connectivity index (χ3v) is 1.70. The molecule has 0 spiro atoms. The van der Waals surface area contributed by atoms with Gasteiger partial charge in [0.1, 0.15) is 0 Å². The van der Waals surface area contributed by atoms with Crippen LogP contribution in [0.4, 0.5) is 0 Å². The van der Waals surface area contributed by atoms with Crippen LogP contribution in [0.3, 0.4) is 0 Å². The van der Waals surface area contributed by atoms with Crippen LogP contribution in [0, 0.1) is 0 Å². The topological polar surface area (TPSA) is 39.4 Å². The van der Waals surface area contributed by atoms with Gasteiger partial charge in [-0.05, 0) is 18.6 Å². The zero-order chi connectivity index (χ0) is 9.52. The highest BCUT2D eigenvalue weighted by Gasteiger charge is 2.08. The molecule has 1 aromatic heterocycles. The Hall–Kier alpha value is -1.25. The lowest BCUT2D eigenvalue weighted by Gasteiger charge is -2.00. The summed E-state index contributed by atoms with van der Waals surface area (Å²) in [6.07, 6.45) is 4.59. The van der Waals surface area contributed by atoms with Gasteiger partial charge in [-0.1, -0.05) is 19.8 Å². The van der Waals surface area contributed by atoms with E-state index in [0.717, 1.165) is 19.3 Å². The summed E-state index contributed by atoms with van der Waals surface area (Å²) in [6, 6.07) is 3.27. The fourth-order valence-electron chi connectivity index (χ4n) is 0.983. The normalized spacial score (nSPS) is 9.92. The number of hydrogen-bond acceptors (Lipinski definition) is 3. The van der Waals surface area contributed by atoms with E-state index in [1.165, 1.54) is 6.26 Å². The molecule has 0 saturated carbocycles. The highest BCUT2D eigenvalue weighted by Crippen LogP contribution is 2.03. The second-order valence-electron chi connectivity index (χ2n) is 2.82. The highest BCUT2D eigenvalue weighted by atomic mass is 16.5. The van der Waals surface area contributed by atoms with E-state index in [1.807, 2.05) is 0 Å². The van der Waals surface area contributed by atoms with Crippen molar-refractivity contribution >= 4 is 5.97 Å². The molecule has 0 unspecified atom stereocenters. The summed E-state index contributed by atoms with van der Waals surface area (Å²) in [6.45, 7) is 2.59. The Kier molecular flexibility index (Phi) is 4.09. The van der Waals surface area contributed by atoms with Gasteiger partial charge in [-0.3, -0.25) is 0 Å². The van der Waals surface area contributed by atoms with Crippen LogP contribution >= 0.6 is 0 Å². The predicted octanol–water partition coefficient (Wildman–Crippen LogP) is 2.63. The van der Waals surface area contributed by atoms with Gasteiger partial charge < -0.3 is 9.15 Å². The molecule has 0 fully saturated rings. The van der Waals surface area contributed by atoms with Crippen molar-refractivity contribution in [2.45, 2.75) is 26.2 Å². The lowest BCUT2D eigenvalue weighted by molar-refractivity contribution is 0.0462. The SMILES string of the molecule is CCCCCOC(=O)c1ccco1. The summed E-state index contributed by atoms with van der Waals surface area (Å²) >= 11 is 0. The monoisotopic (exact) mass is 182 g/mol. The molecule has 3 heteroatoms. The Bertz CT molecular complexity index is 239. The fraction of sp³-hybridized carbons (Fsp3) is 0.500. The van der Waals surface area contributed by atoms with Gasteiger partial charge in [0.05, 0.1) is 12.9 Å². The minimum Gasteiger partial charge on any atom is -0.460 e. The minimum atomic E-state index is -0.374. The van der Waals surface area contributed by atoms with Crippen LogP contribution in [0.2, 0.25) is 0 Å². The fourth-order valence-corrected chi connectivity index (χ4v) is 0.983. The van der Waals surface area contributed by atoms with Crippen LogP contribution in [0.1, 0.15) is 36.7 Å². The molecule has 0 atom stereocenters. The highest BCUT2D eigenvalue weighted by molar-refractivity contribution is 5.86. The van der Waals surface area contributed by atoms with Crippen LogP contribution in [0.15, 0.2) is 22.8 Å². The molecule has 0 aliphatic heterocycles. The molecule has 0 bridgehead atoms. The molecule has 0 saturated heterocycles. The Labute approximate surface area is 77.7 Å². The lowest BCUT2D eigenvalue weighted by Crippen LogP contribution is -2.04. The maximum atomic E-state index is 11.2. The number of carbonyl (C=O) groups excluding carboxylic acids is 1. The van der Waals surface area contributed by atoms with E-state index >= 15 is 0 Å². The summed E-state index contributed by atoms with van der Waals surface area (Å²) < 4.78 is 9.83. The van der Waals surface area contributed by atoms with Crippen molar-refractivity contribution in [3.05, 3.63) is 24.2 Å². The largest absolute Gasteiger partial charge is 0.460 e. The Morgan fingerprint density at radius 2 is 2.38 bits per heavy atom. The second kappa shape index (κ2) is 5.41. The average Bonchev–Trinajstić information content (AvgIpc) is 2.65. The molecular formula is C10H14O3. The van der Waals surface area contributed by atoms with Crippen LogP contribution in [0.5, 0.6) is 0 Å². The maximum Gasteiger partial charge on any atom is 0.374 e. The van der Waals surface area contributed by atoms with Gasteiger partial charge in [0.15, 0.2) is 0 Å². The van der Waals surface area contributed by atoms with Crippen molar-refractivity contribution in [2.75, 3.05) is 6.61 Å². The van der Waals surface area contributed by atoms with E-state index in [4.69, 9.17) is 9.15 Å². The smallest absolute Gasteiger partial charge is 0.374 e. The van der Waals surface area contributed by atoms with Crippen molar-refractivity contribution in [1.82, 2.24) is 0 Å². The summed E-state index contributed by atoms with van der Waals surface area (Å²) in [5.74, 6) is -0.0994. The van der Waals surface area contributed by atoms with Gasteiger partial charge in [-0.15, -0.1) is 0 Å². The summed E-state index contributed by atoms with van der Waals surface area (Å²) in [5.41, 5.74) is 0. The van der Waals surface area contributed by atoms with E-state index in [0.29, 0.717) is 6.61 Å². The van der Waals surface area contributed by atoms with Crippen LogP contribution < -0.4 is 0 Å². The van der Waals surface area contributed by atoms with Gasteiger partial charge in [0.2, 0.25) is 5.76 Å². The third kappa shape index (κ3) is 3.32. The van der Waals surface area contributed by atoms with E-state index in [-0.39, 0.29) is 11.7 Å². The Morgan fingerprint density at radius 3 is 3.00 bits per heavy atom. The molecule has 72 valence electrons. The standard InChI is InChI=1S/C10H14O3/c1-2-3-4-7-13-10(11)9-6-5-8-12-9/h5-6,8H,2-4,7H2,1H3. The van der Waals surface area contributed by atoms with Gasteiger partial charge in [0.25, 0.3) is 0 Å². The number of rotatable bonds is 5. The quantitative estimate of drug-likeness (QED) is 0.519. The molecule has 1 aromatic rings. The number of hydrogen-bond donors (Lipinski definition) is 0. The number of ether oxygens (including phenoxy) is 1. The molecule has 13 heavy (non-hydrogen) atoms. The number of furan rings is 1. The molecule has 0 aromatic carbocycles. The maximum absolute atomic E-state index is 11.2. The first kappa shape index (κ1) is 9.84. The molecule has 0 aliphatic rings. The van der Waals surface area contributed by atoms with E-state index in [2.05, 4.69) is 6.92 Å². The Morgan fingerprint density at radius 1 is 1.54 bits per heavy atom. The second-order valence-corrected chi connectivity index (χ2v) is 2.82. The molecule has 0 N–H and O–H groups in total. The number of carbonyl (C=O) groups is 1.